The summed E-state index contributed by atoms with van der Waals surface area (Å²) < 4.78 is 0. The minimum Gasteiger partial charge on any atom is -0.390 e. The zero-order valence-electron chi connectivity index (χ0n) is 11.4. The van der Waals surface area contributed by atoms with Crippen LogP contribution in [-0.2, 0) is 6.42 Å². The maximum atomic E-state index is 12.5. The average Bonchev–Trinajstić information content (AvgIpc) is 2.39. The molecule has 0 unspecified atom stereocenters. The van der Waals surface area contributed by atoms with E-state index < -0.39 is 5.60 Å². The first-order valence-electron chi connectivity index (χ1n) is 6.83. The fourth-order valence-electron chi connectivity index (χ4n) is 2.46. The van der Waals surface area contributed by atoms with Crippen molar-refractivity contribution >= 4 is 5.91 Å². The third-order valence-electron chi connectivity index (χ3n) is 3.79. The summed E-state index contributed by atoms with van der Waals surface area (Å²) >= 11 is 0. The second kappa shape index (κ2) is 5.72. The zero-order valence-corrected chi connectivity index (χ0v) is 11.4. The van der Waals surface area contributed by atoms with E-state index in [1.54, 1.807) is 0 Å². The number of carbonyl (C=O) groups is 1. The van der Waals surface area contributed by atoms with Crippen molar-refractivity contribution in [2.45, 2.75) is 31.8 Å². The summed E-state index contributed by atoms with van der Waals surface area (Å²) in [6.07, 6.45) is 1.99. The van der Waals surface area contributed by atoms with Crippen molar-refractivity contribution in [3.8, 4) is 0 Å². The van der Waals surface area contributed by atoms with E-state index in [1.807, 2.05) is 36.1 Å². The lowest BCUT2D eigenvalue weighted by Crippen LogP contribution is -2.45. The lowest BCUT2D eigenvalue weighted by Gasteiger charge is -2.36. The van der Waals surface area contributed by atoms with Gasteiger partial charge in [0.2, 0.25) is 0 Å². The van der Waals surface area contributed by atoms with Crippen LogP contribution in [0.1, 0.15) is 35.7 Å². The predicted octanol–water partition coefficient (Wildman–Crippen LogP) is 1.17. The summed E-state index contributed by atoms with van der Waals surface area (Å²) in [6.45, 7) is 3.60. The number of nitrogens with zero attached hydrogens (tertiary/aromatic N) is 1. The number of carbonyl (C=O) groups excluding carboxylic acids is 1. The highest BCUT2D eigenvalue weighted by atomic mass is 16.3. The summed E-state index contributed by atoms with van der Waals surface area (Å²) in [5.74, 6) is 0.0551. The predicted molar refractivity (Wildman–Crippen MR) is 75.0 cm³/mol. The van der Waals surface area contributed by atoms with Gasteiger partial charge >= 0.3 is 0 Å². The molecule has 104 valence electrons. The fourth-order valence-corrected chi connectivity index (χ4v) is 2.46. The Kier molecular flexibility index (Phi) is 4.22. The molecular formula is C15H22N2O2. The van der Waals surface area contributed by atoms with Crippen molar-refractivity contribution in [1.82, 2.24) is 4.90 Å². The molecule has 1 aliphatic heterocycles. The molecule has 0 spiro atoms. The monoisotopic (exact) mass is 262 g/mol. The zero-order chi connectivity index (χ0) is 13.9. The van der Waals surface area contributed by atoms with E-state index in [0.717, 1.165) is 11.1 Å². The van der Waals surface area contributed by atoms with Crippen LogP contribution in [0, 0.1) is 0 Å². The molecule has 1 aromatic carbocycles. The second-order valence-corrected chi connectivity index (χ2v) is 5.48. The molecule has 19 heavy (non-hydrogen) atoms. The number of hydrogen-bond acceptors (Lipinski definition) is 3. The van der Waals surface area contributed by atoms with Crippen LogP contribution in [0.2, 0.25) is 0 Å². The Labute approximate surface area is 114 Å². The third-order valence-corrected chi connectivity index (χ3v) is 3.79. The topological polar surface area (TPSA) is 66.6 Å². The Morgan fingerprint density at radius 2 is 2.00 bits per heavy atom. The minimum absolute atomic E-state index is 0.0551. The number of likely N-dealkylation sites (tertiary alicyclic amines) is 1. The van der Waals surface area contributed by atoms with Crippen LogP contribution in [0.5, 0.6) is 0 Å². The van der Waals surface area contributed by atoms with Gasteiger partial charge in [0.05, 0.1) is 5.60 Å². The van der Waals surface area contributed by atoms with Gasteiger partial charge in [-0.25, -0.2) is 0 Å². The molecule has 4 nitrogen and oxygen atoms in total. The molecule has 1 aliphatic rings. The summed E-state index contributed by atoms with van der Waals surface area (Å²) in [6, 6.07) is 7.64. The molecular weight excluding hydrogens is 240 g/mol. The highest BCUT2D eigenvalue weighted by Gasteiger charge is 2.30. The number of piperidine rings is 1. The standard InChI is InChI=1S/C15H22N2O2/c1-15(19)7-10-17(11-8-15)14(18)13-5-3-2-4-12(13)6-9-16/h2-5,19H,6-11,16H2,1H3. The van der Waals surface area contributed by atoms with Crippen LogP contribution in [-0.4, -0.2) is 41.1 Å². The molecule has 1 fully saturated rings. The lowest BCUT2D eigenvalue weighted by molar-refractivity contribution is -0.00204. The van der Waals surface area contributed by atoms with E-state index in [1.165, 1.54) is 0 Å². The first kappa shape index (κ1) is 14.0. The summed E-state index contributed by atoms with van der Waals surface area (Å²) in [4.78, 5) is 14.3. The van der Waals surface area contributed by atoms with Crippen molar-refractivity contribution in [3.63, 3.8) is 0 Å². The maximum Gasteiger partial charge on any atom is 0.254 e. The second-order valence-electron chi connectivity index (χ2n) is 5.48. The quantitative estimate of drug-likeness (QED) is 0.859. The SMILES string of the molecule is CC1(O)CCN(C(=O)c2ccccc2CCN)CC1. The first-order chi connectivity index (χ1) is 9.03. The number of benzene rings is 1. The molecule has 0 radical (unpaired) electrons. The van der Waals surface area contributed by atoms with Gasteiger partial charge in [-0.05, 0) is 44.4 Å². The number of aliphatic hydroxyl groups is 1. The molecule has 1 amide bonds. The van der Waals surface area contributed by atoms with Gasteiger partial charge in [-0.15, -0.1) is 0 Å². The molecule has 0 bridgehead atoms. The van der Waals surface area contributed by atoms with Gasteiger partial charge < -0.3 is 15.7 Å². The molecule has 1 heterocycles. The molecule has 0 saturated carbocycles. The summed E-state index contributed by atoms with van der Waals surface area (Å²) in [7, 11) is 0. The van der Waals surface area contributed by atoms with E-state index in [0.29, 0.717) is 38.9 Å². The minimum atomic E-state index is -0.631. The third kappa shape index (κ3) is 3.33. The molecule has 1 aromatic rings. The first-order valence-corrected chi connectivity index (χ1v) is 6.83. The van der Waals surface area contributed by atoms with Crippen molar-refractivity contribution in [1.29, 1.82) is 0 Å². The normalized spacial score (nSPS) is 18.4. The van der Waals surface area contributed by atoms with Crippen LogP contribution < -0.4 is 5.73 Å². The average molecular weight is 262 g/mol. The lowest BCUT2D eigenvalue weighted by atomic mass is 9.93. The highest BCUT2D eigenvalue weighted by Crippen LogP contribution is 2.23. The fraction of sp³-hybridized carbons (Fsp3) is 0.533. The Morgan fingerprint density at radius 1 is 1.37 bits per heavy atom. The van der Waals surface area contributed by atoms with Gasteiger partial charge in [-0.2, -0.15) is 0 Å². The van der Waals surface area contributed by atoms with Crippen LogP contribution in [0.4, 0.5) is 0 Å². The number of amides is 1. The van der Waals surface area contributed by atoms with E-state index in [4.69, 9.17) is 5.73 Å². The van der Waals surface area contributed by atoms with E-state index >= 15 is 0 Å². The van der Waals surface area contributed by atoms with Gasteiger partial charge in [0.25, 0.3) is 5.91 Å². The highest BCUT2D eigenvalue weighted by molar-refractivity contribution is 5.95. The van der Waals surface area contributed by atoms with Crippen molar-refractivity contribution in [3.05, 3.63) is 35.4 Å². The molecule has 0 aromatic heterocycles. The molecule has 0 aliphatic carbocycles. The van der Waals surface area contributed by atoms with Gasteiger partial charge in [0.15, 0.2) is 0 Å². The molecule has 0 atom stereocenters. The van der Waals surface area contributed by atoms with E-state index in [-0.39, 0.29) is 5.91 Å². The van der Waals surface area contributed by atoms with Crippen molar-refractivity contribution in [2.75, 3.05) is 19.6 Å². The molecule has 3 N–H and O–H groups in total. The molecule has 1 saturated heterocycles. The van der Waals surface area contributed by atoms with Gasteiger partial charge in [-0.1, -0.05) is 18.2 Å². The van der Waals surface area contributed by atoms with Crippen molar-refractivity contribution in [2.24, 2.45) is 5.73 Å². The van der Waals surface area contributed by atoms with Crippen LogP contribution in [0.15, 0.2) is 24.3 Å². The van der Waals surface area contributed by atoms with E-state index in [2.05, 4.69) is 0 Å². The largest absolute Gasteiger partial charge is 0.390 e. The number of rotatable bonds is 3. The van der Waals surface area contributed by atoms with Crippen LogP contribution in [0.3, 0.4) is 0 Å². The summed E-state index contributed by atoms with van der Waals surface area (Å²) in [5.41, 5.74) is 6.71. The molecule has 2 rings (SSSR count). The van der Waals surface area contributed by atoms with Gasteiger partial charge in [-0.3, -0.25) is 4.79 Å². The Balaban J connectivity index is 2.12. The molecule has 4 heteroatoms. The Hall–Kier alpha value is -1.39. The maximum absolute atomic E-state index is 12.5. The number of hydrogen-bond donors (Lipinski definition) is 2. The Bertz CT molecular complexity index is 447. The summed E-state index contributed by atoms with van der Waals surface area (Å²) in [5, 5.41) is 9.93. The van der Waals surface area contributed by atoms with E-state index in [9.17, 15) is 9.90 Å². The van der Waals surface area contributed by atoms with Crippen LogP contribution >= 0.6 is 0 Å². The number of nitrogens with two attached hydrogens (primary N) is 1. The van der Waals surface area contributed by atoms with Crippen molar-refractivity contribution < 1.29 is 9.90 Å². The van der Waals surface area contributed by atoms with Gasteiger partial charge in [0.1, 0.15) is 0 Å². The van der Waals surface area contributed by atoms with Crippen LogP contribution in [0.25, 0.3) is 0 Å². The smallest absolute Gasteiger partial charge is 0.254 e. The Morgan fingerprint density at radius 3 is 2.63 bits per heavy atom. The van der Waals surface area contributed by atoms with Gasteiger partial charge in [0, 0.05) is 18.7 Å².